The van der Waals surface area contributed by atoms with E-state index in [-0.39, 0.29) is 28.8 Å². The standard InChI is InChI=1S/C16H17FN2O3/c1-3-10-4-5-11(12(17)8-10)14-13(16(20)21)15-19(18-14)7-6-9(2)22-15/h4-5,8-9H,3,6-7H2,1-2H3,(H,20,21)/t9-/m1/s1. The molecule has 0 unspecified atom stereocenters. The average molecular weight is 304 g/mol. The normalized spacial score (nSPS) is 17.0. The lowest BCUT2D eigenvalue weighted by atomic mass is 10.0. The molecule has 1 atom stereocenters. The zero-order valence-electron chi connectivity index (χ0n) is 12.5. The van der Waals surface area contributed by atoms with Gasteiger partial charge in [0, 0.05) is 18.5 Å². The first-order chi connectivity index (χ1) is 10.5. The molecule has 1 aromatic heterocycles. The highest BCUT2D eigenvalue weighted by molar-refractivity contribution is 5.97. The van der Waals surface area contributed by atoms with E-state index in [9.17, 15) is 14.3 Å². The van der Waals surface area contributed by atoms with Crippen LogP contribution in [0.3, 0.4) is 0 Å². The molecule has 0 spiro atoms. The van der Waals surface area contributed by atoms with Crippen molar-refractivity contribution in [1.82, 2.24) is 9.78 Å². The summed E-state index contributed by atoms with van der Waals surface area (Å²) in [6.07, 6.45) is 1.37. The zero-order chi connectivity index (χ0) is 15.9. The third-order valence-corrected chi connectivity index (χ3v) is 3.88. The van der Waals surface area contributed by atoms with Crippen LogP contribution in [0.25, 0.3) is 11.3 Å². The Morgan fingerprint density at radius 1 is 1.55 bits per heavy atom. The predicted octanol–water partition coefficient (Wildman–Crippen LogP) is 3.12. The first-order valence-corrected chi connectivity index (χ1v) is 7.30. The summed E-state index contributed by atoms with van der Waals surface area (Å²) in [6.45, 7) is 4.37. The SMILES string of the molecule is CCc1ccc(-c2nn3c(c2C(=O)O)O[C@H](C)CC3)c(F)c1. The topological polar surface area (TPSA) is 64.4 Å². The van der Waals surface area contributed by atoms with E-state index in [1.807, 2.05) is 13.8 Å². The highest BCUT2D eigenvalue weighted by Gasteiger charge is 2.30. The van der Waals surface area contributed by atoms with E-state index >= 15 is 0 Å². The number of aromatic carboxylic acids is 1. The van der Waals surface area contributed by atoms with E-state index in [1.54, 1.807) is 12.1 Å². The molecule has 1 aromatic carbocycles. The van der Waals surface area contributed by atoms with Gasteiger partial charge in [-0.15, -0.1) is 0 Å². The highest BCUT2D eigenvalue weighted by Crippen LogP contribution is 2.35. The van der Waals surface area contributed by atoms with Crippen molar-refractivity contribution in [3.8, 4) is 17.1 Å². The van der Waals surface area contributed by atoms with Crippen LogP contribution in [0, 0.1) is 5.82 Å². The van der Waals surface area contributed by atoms with Crippen molar-refractivity contribution in [3.63, 3.8) is 0 Å². The molecule has 1 aliphatic heterocycles. The highest BCUT2D eigenvalue weighted by atomic mass is 19.1. The second-order valence-corrected chi connectivity index (χ2v) is 5.44. The zero-order valence-corrected chi connectivity index (χ0v) is 12.5. The molecule has 3 rings (SSSR count). The molecular weight excluding hydrogens is 287 g/mol. The van der Waals surface area contributed by atoms with Gasteiger partial charge in [0.2, 0.25) is 5.88 Å². The fourth-order valence-corrected chi connectivity index (χ4v) is 2.62. The summed E-state index contributed by atoms with van der Waals surface area (Å²) in [5.74, 6) is -1.42. The van der Waals surface area contributed by atoms with E-state index in [0.29, 0.717) is 13.0 Å². The Morgan fingerprint density at radius 3 is 2.95 bits per heavy atom. The first-order valence-electron chi connectivity index (χ1n) is 7.30. The molecule has 1 aliphatic rings. The molecule has 6 heteroatoms. The molecule has 0 saturated heterocycles. The number of carboxylic acids is 1. The Balaban J connectivity index is 2.17. The number of aryl methyl sites for hydroxylation is 2. The van der Waals surface area contributed by atoms with E-state index in [1.165, 1.54) is 10.7 Å². The molecule has 22 heavy (non-hydrogen) atoms. The number of aromatic nitrogens is 2. The van der Waals surface area contributed by atoms with Gasteiger partial charge in [0.05, 0.1) is 6.10 Å². The van der Waals surface area contributed by atoms with Gasteiger partial charge in [0.25, 0.3) is 0 Å². The van der Waals surface area contributed by atoms with Crippen LogP contribution in [0.2, 0.25) is 0 Å². The maximum Gasteiger partial charge on any atom is 0.343 e. The maximum absolute atomic E-state index is 14.3. The van der Waals surface area contributed by atoms with Crippen LogP contribution in [0.5, 0.6) is 5.88 Å². The van der Waals surface area contributed by atoms with Gasteiger partial charge in [0.1, 0.15) is 17.1 Å². The second-order valence-electron chi connectivity index (χ2n) is 5.44. The molecule has 0 aliphatic carbocycles. The predicted molar refractivity (Wildman–Crippen MR) is 78.7 cm³/mol. The minimum absolute atomic E-state index is 0.0744. The number of halogens is 1. The monoisotopic (exact) mass is 304 g/mol. The molecule has 5 nitrogen and oxygen atoms in total. The molecule has 2 aromatic rings. The van der Waals surface area contributed by atoms with Gasteiger partial charge in [-0.05, 0) is 31.0 Å². The molecule has 116 valence electrons. The number of carbonyl (C=O) groups is 1. The lowest BCUT2D eigenvalue weighted by molar-refractivity contribution is 0.0684. The van der Waals surface area contributed by atoms with Crippen LogP contribution in [0.1, 0.15) is 36.2 Å². The number of nitrogens with zero attached hydrogens (tertiary/aromatic N) is 2. The van der Waals surface area contributed by atoms with Crippen molar-refractivity contribution in [2.24, 2.45) is 0 Å². The van der Waals surface area contributed by atoms with Crippen LogP contribution >= 0.6 is 0 Å². The maximum atomic E-state index is 14.3. The number of fused-ring (bicyclic) bond motifs is 1. The molecule has 0 amide bonds. The summed E-state index contributed by atoms with van der Waals surface area (Å²) in [5, 5.41) is 13.8. The largest absolute Gasteiger partial charge is 0.477 e. The Labute approximate surface area is 127 Å². The quantitative estimate of drug-likeness (QED) is 0.946. The van der Waals surface area contributed by atoms with Gasteiger partial charge < -0.3 is 9.84 Å². The number of carboxylic acid groups (broad SMARTS) is 1. The Morgan fingerprint density at radius 2 is 2.32 bits per heavy atom. The molecule has 0 bridgehead atoms. The van der Waals surface area contributed by atoms with Gasteiger partial charge in [-0.25, -0.2) is 13.9 Å². The number of hydrogen-bond acceptors (Lipinski definition) is 3. The first kappa shape index (κ1) is 14.6. The van der Waals surface area contributed by atoms with Crippen LogP contribution in [0.15, 0.2) is 18.2 Å². The number of rotatable bonds is 3. The van der Waals surface area contributed by atoms with Crippen molar-refractivity contribution in [3.05, 3.63) is 35.1 Å². The number of ether oxygens (including phenoxy) is 1. The van der Waals surface area contributed by atoms with Gasteiger partial charge in [-0.2, -0.15) is 5.10 Å². The van der Waals surface area contributed by atoms with Crippen LogP contribution < -0.4 is 4.74 Å². The summed E-state index contributed by atoms with van der Waals surface area (Å²) in [5.41, 5.74) is 1.09. The van der Waals surface area contributed by atoms with Gasteiger partial charge in [-0.3, -0.25) is 0 Å². The lowest BCUT2D eigenvalue weighted by Crippen LogP contribution is -2.24. The average Bonchev–Trinajstić information content (AvgIpc) is 2.85. The molecule has 0 saturated carbocycles. The Hall–Kier alpha value is -2.37. The third kappa shape index (κ3) is 2.34. The third-order valence-electron chi connectivity index (χ3n) is 3.88. The Bertz CT molecular complexity index is 739. The van der Waals surface area contributed by atoms with Gasteiger partial charge in [0.15, 0.2) is 0 Å². The molecule has 1 N–H and O–H groups in total. The minimum Gasteiger partial charge on any atom is -0.477 e. The summed E-state index contributed by atoms with van der Waals surface area (Å²) in [7, 11) is 0. The molecule has 0 fully saturated rings. The fourth-order valence-electron chi connectivity index (χ4n) is 2.62. The van der Waals surface area contributed by atoms with Crippen LogP contribution in [-0.2, 0) is 13.0 Å². The summed E-state index contributed by atoms with van der Waals surface area (Å²) in [6, 6.07) is 4.78. The van der Waals surface area contributed by atoms with Crippen molar-refractivity contribution in [2.75, 3.05) is 0 Å². The lowest BCUT2D eigenvalue weighted by Gasteiger charge is -2.21. The van der Waals surface area contributed by atoms with Crippen molar-refractivity contribution in [2.45, 2.75) is 39.3 Å². The second kappa shape index (κ2) is 5.44. The van der Waals surface area contributed by atoms with E-state index in [0.717, 1.165) is 12.0 Å². The molecular formula is C16H17FN2O3. The number of hydrogen-bond donors (Lipinski definition) is 1. The van der Waals surface area contributed by atoms with Gasteiger partial charge >= 0.3 is 5.97 Å². The van der Waals surface area contributed by atoms with E-state index in [4.69, 9.17) is 4.74 Å². The van der Waals surface area contributed by atoms with Crippen LogP contribution in [-0.4, -0.2) is 27.0 Å². The Kier molecular flexibility index (Phi) is 3.60. The van der Waals surface area contributed by atoms with Gasteiger partial charge in [-0.1, -0.05) is 13.0 Å². The fraction of sp³-hybridized carbons (Fsp3) is 0.375. The van der Waals surface area contributed by atoms with Crippen molar-refractivity contribution in [1.29, 1.82) is 0 Å². The van der Waals surface area contributed by atoms with Crippen LogP contribution in [0.4, 0.5) is 4.39 Å². The molecule has 2 heterocycles. The number of benzene rings is 1. The summed E-state index contributed by atoms with van der Waals surface area (Å²) >= 11 is 0. The smallest absolute Gasteiger partial charge is 0.343 e. The minimum atomic E-state index is -1.16. The van der Waals surface area contributed by atoms with Crippen molar-refractivity contribution < 1.29 is 19.0 Å². The van der Waals surface area contributed by atoms with Crippen molar-refractivity contribution >= 4 is 5.97 Å². The molecule has 0 radical (unpaired) electrons. The summed E-state index contributed by atoms with van der Waals surface area (Å²) in [4.78, 5) is 11.6. The summed E-state index contributed by atoms with van der Waals surface area (Å²) < 4.78 is 21.4. The van der Waals surface area contributed by atoms with E-state index < -0.39 is 11.8 Å². The van der Waals surface area contributed by atoms with E-state index in [2.05, 4.69) is 5.10 Å².